The van der Waals surface area contributed by atoms with Gasteiger partial charge in [-0.3, -0.25) is 4.79 Å². The van der Waals surface area contributed by atoms with Crippen LogP contribution in [0.1, 0.15) is 23.1 Å². The molecule has 2 aromatic carbocycles. The molecule has 4 rings (SSSR count). The molecule has 6 nitrogen and oxygen atoms in total. The lowest BCUT2D eigenvalue weighted by Gasteiger charge is -2.21. The summed E-state index contributed by atoms with van der Waals surface area (Å²) in [5, 5.41) is 9.14. The minimum absolute atomic E-state index is 0.103. The van der Waals surface area contributed by atoms with Gasteiger partial charge in [0.15, 0.2) is 0 Å². The van der Waals surface area contributed by atoms with Gasteiger partial charge in [0, 0.05) is 18.2 Å². The number of carboxylic acids is 1. The van der Waals surface area contributed by atoms with Crippen LogP contribution in [0, 0.1) is 0 Å². The Hall–Kier alpha value is -2.38. The van der Waals surface area contributed by atoms with E-state index >= 15 is 0 Å². The molecule has 2 aliphatic rings. The van der Waals surface area contributed by atoms with Crippen LogP contribution < -0.4 is 9.62 Å². The highest BCUT2D eigenvalue weighted by molar-refractivity contribution is 7.89. The number of rotatable bonds is 3. The van der Waals surface area contributed by atoms with Crippen LogP contribution in [0.25, 0.3) is 0 Å². The minimum atomic E-state index is -3.52. The predicted octanol–water partition coefficient (Wildman–Crippen LogP) is 1.71. The number of sulfonamides is 1. The average Bonchev–Trinajstić information content (AvgIpc) is 3.03. The summed E-state index contributed by atoms with van der Waals surface area (Å²) in [4.78, 5) is 13.2. The molecule has 0 spiro atoms. The lowest BCUT2D eigenvalue weighted by atomic mass is 9.89. The van der Waals surface area contributed by atoms with Crippen LogP contribution in [0.5, 0.6) is 0 Å². The Kier molecular flexibility index (Phi) is 3.36. The molecule has 0 saturated heterocycles. The van der Waals surface area contributed by atoms with Crippen molar-refractivity contribution in [1.82, 2.24) is 4.72 Å². The molecular weight excluding hydrogens is 328 g/mol. The van der Waals surface area contributed by atoms with Gasteiger partial charge < -0.3 is 10.0 Å². The van der Waals surface area contributed by atoms with Crippen LogP contribution in [0.4, 0.5) is 5.69 Å². The monoisotopic (exact) mass is 344 g/mol. The average molecular weight is 344 g/mol. The first-order valence-electron chi connectivity index (χ1n) is 7.64. The van der Waals surface area contributed by atoms with Gasteiger partial charge in [-0.05, 0) is 23.3 Å². The van der Waals surface area contributed by atoms with Crippen molar-refractivity contribution < 1.29 is 18.3 Å². The summed E-state index contributed by atoms with van der Waals surface area (Å²) in [6.45, 7) is 0.363. The molecule has 7 heteroatoms. The number of carboxylic acid groups (broad SMARTS) is 1. The smallest absolute Gasteiger partial charge is 0.323 e. The molecule has 2 aliphatic heterocycles. The summed E-state index contributed by atoms with van der Waals surface area (Å²) < 4.78 is 27.5. The summed E-state index contributed by atoms with van der Waals surface area (Å²) in [5.41, 5.74) is 2.58. The molecular formula is C17H16N2O4S. The lowest BCUT2D eigenvalue weighted by Crippen LogP contribution is -2.32. The second kappa shape index (κ2) is 5.32. The van der Waals surface area contributed by atoms with E-state index in [0.717, 1.165) is 16.8 Å². The first kappa shape index (κ1) is 15.2. The summed E-state index contributed by atoms with van der Waals surface area (Å²) in [6, 6.07) is 14.2. The Morgan fingerprint density at radius 2 is 1.79 bits per heavy atom. The zero-order valence-corrected chi connectivity index (χ0v) is 13.5. The van der Waals surface area contributed by atoms with E-state index in [1.54, 1.807) is 17.0 Å². The van der Waals surface area contributed by atoms with Crippen molar-refractivity contribution in [2.75, 3.05) is 18.0 Å². The van der Waals surface area contributed by atoms with Crippen LogP contribution >= 0.6 is 0 Å². The van der Waals surface area contributed by atoms with Crippen LogP contribution in [-0.4, -0.2) is 32.6 Å². The maximum atomic E-state index is 12.4. The number of hydrogen-bond donors (Lipinski definition) is 2. The van der Waals surface area contributed by atoms with E-state index in [1.165, 1.54) is 0 Å². The third-order valence-electron chi connectivity index (χ3n) is 4.65. The zero-order valence-electron chi connectivity index (χ0n) is 12.7. The standard InChI is InChI=1S/C17H16N2O4S/c20-16(21)10-19-9-13(11-5-1-3-7-14(11)19)17-12-6-2-4-8-15(12)24(22,23)18-17/h1-8,13,17-18H,9-10H2,(H,20,21). The number of hydrogen-bond acceptors (Lipinski definition) is 4. The highest BCUT2D eigenvalue weighted by atomic mass is 32.2. The molecule has 0 amide bonds. The van der Waals surface area contributed by atoms with Gasteiger partial charge in [-0.2, -0.15) is 0 Å². The second-order valence-electron chi connectivity index (χ2n) is 6.08. The maximum absolute atomic E-state index is 12.4. The molecule has 0 bridgehead atoms. The molecule has 0 aliphatic carbocycles. The molecule has 2 N–H and O–H groups in total. The Morgan fingerprint density at radius 3 is 2.54 bits per heavy atom. The van der Waals surface area contributed by atoms with Gasteiger partial charge in [0.2, 0.25) is 10.0 Å². The van der Waals surface area contributed by atoms with E-state index in [2.05, 4.69) is 4.72 Å². The second-order valence-corrected chi connectivity index (χ2v) is 7.76. The summed E-state index contributed by atoms with van der Waals surface area (Å²) in [5.74, 6) is -1.03. The molecule has 2 atom stereocenters. The quantitative estimate of drug-likeness (QED) is 0.885. The molecule has 0 aromatic heterocycles. The third-order valence-corrected chi connectivity index (χ3v) is 6.16. The van der Waals surface area contributed by atoms with Crippen LogP contribution in [-0.2, 0) is 14.8 Å². The summed E-state index contributed by atoms with van der Waals surface area (Å²) >= 11 is 0. The number of nitrogens with one attached hydrogen (secondary N) is 1. The molecule has 24 heavy (non-hydrogen) atoms. The summed E-state index contributed by atoms with van der Waals surface area (Å²) in [6.07, 6.45) is 0. The van der Waals surface area contributed by atoms with E-state index in [1.807, 2.05) is 36.4 Å². The fourth-order valence-electron chi connectivity index (χ4n) is 3.70. The highest BCUT2D eigenvalue weighted by Gasteiger charge is 2.43. The van der Waals surface area contributed by atoms with Gasteiger partial charge in [-0.1, -0.05) is 36.4 Å². The van der Waals surface area contributed by atoms with Crippen LogP contribution in [0.15, 0.2) is 53.4 Å². The molecule has 124 valence electrons. The number of anilines is 1. The van der Waals surface area contributed by atoms with Crippen molar-refractivity contribution >= 4 is 21.7 Å². The SMILES string of the molecule is O=C(O)CN1CC(C2NS(=O)(=O)c3ccccc32)c2ccccc21. The topological polar surface area (TPSA) is 86.7 Å². The Bertz CT molecular complexity index is 926. The molecule has 2 unspecified atom stereocenters. The van der Waals surface area contributed by atoms with E-state index in [-0.39, 0.29) is 18.5 Å². The number of benzene rings is 2. The number of para-hydroxylation sites is 1. The molecule has 0 radical (unpaired) electrons. The van der Waals surface area contributed by atoms with Crippen molar-refractivity contribution in [3.8, 4) is 0 Å². The fraction of sp³-hybridized carbons (Fsp3) is 0.235. The van der Waals surface area contributed by atoms with Crippen molar-refractivity contribution in [3.63, 3.8) is 0 Å². The first-order valence-corrected chi connectivity index (χ1v) is 9.12. The number of nitrogens with zero attached hydrogens (tertiary/aromatic N) is 1. The third kappa shape index (κ3) is 2.28. The van der Waals surface area contributed by atoms with E-state index in [0.29, 0.717) is 11.4 Å². The van der Waals surface area contributed by atoms with E-state index in [4.69, 9.17) is 5.11 Å². The molecule has 0 saturated carbocycles. The number of aliphatic carboxylic acids is 1. The van der Waals surface area contributed by atoms with Gasteiger partial charge >= 0.3 is 5.97 Å². The van der Waals surface area contributed by atoms with Crippen molar-refractivity contribution in [2.24, 2.45) is 0 Å². The summed E-state index contributed by atoms with van der Waals surface area (Å²) in [7, 11) is -3.52. The highest BCUT2D eigenvalue weighted by Crippen LogP contribution is 2.46. The van der Waals surface area contributed by atoms with Gasteiger partial charge in [-0.15, -0.1) is 0 Å². The zero-order chi connectivity index (χ0) is 16.9. The van der Waals surface area contributed by atoms with Crippen LogP contribution in [0.2, 0.25) is 0 Å². The van der Waals surface area contributed by atoms with Crippen molar-refractivity contribution in [1.29, 1.82) is 0 Å². The van der Waals surface area contributed by atoms with Gasteiger partial charge in [0.1, 0.15) is 6.54 Å². The fourth-order valence-corrected chi connectivity index (χ4v) is 5.21. The number of carbonyl (C=O) groups is 1. The van der Waals surface area contributed by atoms with E-state index in [9.17, 15) is 13.2 Å². The predicted molar refractivity (Wildman–Crippen MR) is 88.5 cm³/mol. The first-order chi connectivity index (χ1) is 11.5. The van der Waals surface area contributed by atoms with Gasteiger partial charge in [0.05, 0.1) is 10.9 Å². The molecule has 2 heterocycles. The minimum Gasteiger partial charge on any atom is -0.480 e. The molecule has 2 aromatic rings. The maximum Gasteiger partial charge on any atom is 0.323 e. The van der Waals surface area contributed by atoms with Crippen molar-refractivity contribution in [2.45, 2.75) is 16.9 Å². The lowest BCUT2D eigenvalue weighted by molar-refractivity contribution is -0.135. The van der Waals surface area contributed by atoms with Crippen LogP contribution in [0.3, 0.4) is 0 Å². The Morgan fingerprint density at radius 1 is 1.12 bits per heavy atom. The normalized spacial score (nSPS) is 23.8. The van der Waals surface area contributed by atoms with Gasteiger partial charge in [-0.25, -0.2) is 13.1 Å². The van der Waals surface area contributed by atoms with Crippen molar-refractivity contribution in [3.05, 3.63) is 59.7 Å². The Labute approximate surface area is 139 Å². The van der Waals surface area contributed by atoms with Gasteiger partial charge in [0.25, 0.3) is 0 Å². The largest absolute Gasteiger partial charge is 0.480 e. The Balaban J connectivity index is 1.78. The number of fused-ring (bicyclic) bond motifs is 2. The molecule has 0 fully saturated rings. The van der Waals surface area contributed by atoms with E-state index < -0.39 is 16.0 Å².